The molecule has 1 aromatic carbocycles. The van der Waals surface area contributed by atoms with Gasteiger partial charge in [0, 0.05) is 29.5 Å². The highest BCUT2D eigenvalue weighted by molar-refractivity contribution is 5.94. The van der Waals surface area contributed by atoms with Crippen LogP contribution >= 0.6 is 0 Å². The smallest absolute Gasteiger partial charge is 0.246 e. The van der Waals surface area contributed by atoms with Crippen LogP contribution in [0.25, 0.3) is 21.9 Å². The Bertz CT molecular complexity index is 1270. The fourth-order valence-electron chi connectivity index (χ4n) is 4.21. The van der Waals surface area contributed by atoms with Crippen molar-refractivity contribution in [3.63, 3.8) is 0 Å². The first-order valence-corrected chi connectivity index (χ1v) is 10.3. The van der Waals surface area contributed by atoms with E-state index in [1.807, 2.05) is 25.2 Å². The number of hydrogen-bond acceptors (Lipinski definition) is 7. The molecule has 0 unspecified atom stereocenters. The average molecular weight is 416 g/mol. The Morgan fingerprint density at radius 1 is 1.16 bits per heavy atom. The normalized spacial score (nSPS) is 15.7. The molecule has 1 fully saturated rings. The summed E-state index contributed by atoms with van der Waals surface area (Å²) in [5.74, 6) is 0.610. The predicted molar refractivity (Wildman–Crippen MR) is 119 cm³/mol. The van der Waals surface area contributed by atoms with Gasteiger partial charge in [0.2, 0.25) is 5.91 Å². The van der Waals surface area contributed by atoms with Crippen LogP contribution in [0.2, 0.25) is 0 Å². The van der Waals surface area contributed by atoms with Gasteiger partial charge in [-0.05, 0) is 30.4 Å². The summed E-state index contributed by atoms with van der Waals surface area (Å²) in [4.78, 5) is 24.1. The zero-order valence-electron chi connectivity index (χ0n) is 17.8. The monoisotopic (exact) mass is 416 g/mol. The molecule has 0 aliphatic heterocycles. The molecule has 5 rings (SSSR count). The number of nitrogens with one attached hydrogen (secondary N) is 1. The van der Waals surface area contributed by atoms with E-state index in [4.69, 9.17) is 4.98 Å². The number of carbonyl (C=O) groups is 1. The predicted octanol–water partition coefficient (Wildman–Crippen LogP) is 3.03. The average Bonchev–Trinajstić information content (AvgIpc) is 3.13. The van der Waals surface area contributed by atoms with E-state index in [0.29, 0.717) is 28.3 Å². The summed E-state index contributed by atoms with van der Waals surface area (Å²) in [5.41, 5.74) is 2.35. The van der Waals surface area contributed by atoms with Crippen LogP contribution in [0.4, 0.5) is 11.5 Å². The van der Waals surface area contributed by atoms with Crippen LogP contribution < -0.4 is 10.2 Å². The highest BCUT2D eigenvalue weighted by atomic mass is 16.2. The molecule has 0 bridgehead atoms. The second-order valence-electron chi connectivity index (χ2n) is 8.96. The lowest BCUT2D eigenvalue weighted by Gasteiger charge is -2.47. The van der Waals surface area contributed by atoms with E-state index in [-0.39, 0.29) is 12.5 Å². The van der Waals surface area contributed by atoms with Gasteiger partial charge in [-0.25, -0.2) is 14.6 Å². The maximum atomic E-state index is 12.7. The number of carbonyl (C=O) groups excluding carboxylic acids is 1. The molecular formula is C22H24N8O. The number of fused-ring (bicyclic) bond motifs is 2. The molecule has 1 saturated carbocycles. The van der Waals surface area contributed by atoms with Gasteiger partial charge in [-0.2, -0.15) is 15.3 Å². The molecule has 1 amide bonds. The van der Waals surface area contributed by atoms with Crippen LogP contribution in [0.3, 0.4) is 0 Å². The van der Waals surface area contributed by atoms with Crippen molar-refractivity contribution in [2.75, 3.05) is 17.3 Å². The molecule has 9 nitrogen and oxygen atoms in total. The van der Waals surface area contributed by atoms with Crippen molar-refractivity contribution in [2.24, 2.45) is 5.41 Å². The Morgan fingerprint density at radius 2 is 1.94 bits per heavy atom. The summed E-state index contributed by atoms with van der Waals surface area (Å²) in [6.45, 7) is 4.61. The maximum Gasteiger partial charge on any atom is 0.246 e. The van der Waals surface area contributed by atoms with Gasteiger partial charge in [-0.3, -0.25) is 4.79 Å². The van der Waals surface area contributed by atoms with Gasteiger partial charge < -0.3 is 10.2 Å². The molecule has 1 aliphatic rings. The Morgan fingerprint density at radius 3 is 2.71 bits per heavy atom. The van der Waals surface area contributed by atoms with Gasteiger partial charge in [0.05, 0.1) is 24.8 Å². The van der Waals surface area contributed by atoms with E-state index >= 15 is 0 Å². The summed E-state index contributed by atoms with van der Waals surface area (Å²) < 4.78 is 1.59. The van der Waals surface area contributed by atoms with Crippen molar-refractivity contribution in [3.8, 4) is 0 Å². The minimum atomic E-state index is -0.187. The van der Waals surface area contributed by atoms with Gasteiger partial charge in [-0.15, -0.1) is 0 Å². The highest BCUT2D eigenvalue weighted by Gasteiger charge is 2.38. The Labute approximate surface area is 179 Å². The van der Waals surface area contributed by atoms with E-state index < -0.39 is 0 Å². The van der Waals surface area contributed by atoms with Crippen LogP contribution in [-0.2, 0) is 11.3 Å². The Balaban J connectivity index is 1.33. The molecule has 0 spiro atoms. The summed E-state index contributed by atoms with van der Waals surface area (Å²) in [7, 11) is 2.05. The minimum Gasteiger partial charge on any atom is -0.355 e. The number of nitrogens with zero attached hydrogens (tertiary/aromatic N) is 7. The lowest BCUT2D eigenvalue weighted by molar-refractivity contribution is -0.116. The molecule has 0 radical (unpaired) electrons. The second-order valence-corrected chi connectivity index (χ2v) is 8.96. The number of hydrogen-bond donors (Lipinski definition) is 1. The third kappa shape index (κ3) is 3.78. The topological polar surface area (TPSA) is 102 Å². The summed E-state index contributed by atoms with van der Waals surface area (Å²) in [6.07, 6.45) is 9.03. The third-order valence-corrected chi connectivity index (χ3v) is 5.94. The molecule has 4 aromatic rings. The number of aromatic nitrogens is 6. The van der Waals surface area contributed by atoms with E-state index in [1.54, 1.807) is 29.5 Å². The number of benzene rings is 1. The van der Waals surface area contributed by atoms with E-state index in [1.165, 1.54) is 0 Å². The minimum absolute atomic E-state index is 0.0500. The van der Waals surface area contributed by atoms with Crippen molar-refractivity contribution in [2.45, 2.75) is 39.3 Å². The summed E-state index contributed by atoms with van der Waals surface area (Å²) >= 11 is 0. The quantitative estimate of drug-likeness (QED) is 0.533. The molecule has 0 saturated heterocycles. The first kappa shape index (κ1) is 19.3. The van der Waals surface area contributed by atoms with Crippen LogP contribution in [0.5, 0.6) is 0 Å². The fraction of sp³-hybridized carbons (Fsp3) is 0.364. The second kappa shape index (κ2) is 7.26. The molecule has 3 aromatic heterocycles. The summed E-state index contributed by atoms with van der Waals surface area (Å²) in [5, 5.41) is 16.9. The fourth-order valence-corrected chi connectivity index (χ4v) is 4.21. The standard InChI is InChI=1S/C22H24N8O/c1-22(2)7-17(8-22)29(3)19-12-23-18-11-26-30(21(18)28-19)13-20(31)27-16-5-4-14-9-24-25-10-15(14)6-16/h4-6,9-12,17H,7-8,13H2,1-3H3,(H,27,31). The largest absolute Gasteiger partial charge is 0.355 e. The van der Waals surface area contributed by atoms with Crippen LogP contribution in [-0.4, -0.2) is 48.9 Å². The van der Waals surface area contributed by atoms with Crippen LogP contribution in [0.1, 0.15) is 26.7 Å². The molecule has 0 atom stereocenters. The summed E-state index contributed by atoms with van der Waals surface area (Å²) in [6, 6.07) is 6.07. The Kier molecular flexibility index (Phi) is 4.53. The molecule has 31 heavy (non-hydrogen) atoms. The molecule has 3 heterocycles. The van der Waals surface area contributed by atoms with Gasteiger partial charge in [0.15, 0.2) is 5.65 Å². The molecule has 9 heteroatoms. The zero-order valence-corrected chi connectivity index (χ0v) is 17.8. The van der Waals surface area contributed by atoms with E-state index in [9.17, 15) is 4.79 Å². The first-order valence-electron chi connectivity index (χ1n) is 10.3. The van der Waals surface area contributed by atoms with E-state index in [2.05, 4.69) is 44.3 Å². The van der Waals surface area contributed by atoms with Gasteiger partial charge >= 0.3 is 0 Å². The zero-order chi connectivity index (χ0) is 21.6. The van der Waals surface area contributed by atoms with Crippen molar-refractivity contribution in [3.05, 3.63) is 43.0 Å². The Hall–Kier alpha value is -3.62. The number of rotatable bonds is 5. The third-order valence-electron chi connectivity index (χ3n) is 5.94. The molecule has 1 aliphatic carbocycles. The molecule has 158 valence electrons. The van der Waals surface area contributed by atoms with Crippen LogP contribution in [0, 0.1) is 5.41 Å². The van der Waals surface area contributed by atoms with Crippen LogP contribution in [0.15, 0.2) is 43.0 Å². The van der Waals surface area contributed by atoms with Gasteiger partial charge in [-0.1, -0.05) is 19.9 Å². The van der Waals surface area contributed by atoms with Crippen molar-refractivity contribution >= 4 is 39.3 Å². The van der Waals surface area contributed by atoms with Crippen molar-refractivity contribution < 1.29 is 4.79 Å². The van der Waals surface area contributed by atoms with Gasteiger partial charge in [0.25, 0.3) is 0 Å². The molecular weight excluding hydrogens is 392 g/mol. The van der Waals surface area contributed by atoms with Gasteiger partial charge in [0.1, 0.15) is 17.9 Å². The van der Waals surface area contributed by atoms with E-state index in [0.717, 1.165) is 29.4 Å². The maximum absolute atomic E-state index is 12.7. The number of amides is 1. The van der Waals surface area contributed by atoms with Crippen molar-refractivity contribution in [1.29, 1.82) is 0 Å². The SMILES string of the molecule is CN(c1cnc2cnn(CC(=O)Nc3ccc4cnncc4c3)c2n1)C1CC(C)(C)C1. The lowest BCUT2D eigenvalue weighted by atomic mass is 9.68. The first-order chi connectivity index (χ1) is 14.9. The highest BCUT2D eigenvalue weighted by Crippen LogP contribution is 2.43. The lowest BCUT2D eigenvalue weighted by Crippen LogP contribution is -2.47. The molecule has 1 N–H and O–H groups in total. The van der Waals surface area contributed by atoms with Crippen molar-refractivity contribution in [1.82, 2.24) is 29.9 Å². The number of anilines is 2.